The summed E-state index contributed by atoms with van der Waals surface area (Å²) in [5.74, 6) is 0. The Morgan fingerprint density at radius 2 is 2.23 bits per heavy atom. The van der Waals surface area contributed by atoms with E-state index in [0.29, 0.717) is 5.56 Å². The summed E-state index contributed by atoms with van der Waals surface area (Å²) in [6.45, 7) is 0. The SMILES string of the molecule is O=Cc1cncc2c[c-]ccc12.[Y]. The zero-order chi connectivity index (χ0) is 8.39. The first-order valence-corrected chi connectivity index (χ1v) is 3.61. The number of benzene rings is 1. The Morgan fingerprint density at radius 3 is 3.00 bits per heavy atom. The maximum absolute atomic E-state index is 10.6. The topological polar surface area (TPSA) is 30.0 Å². The van der Waals surface area contributed by atoms with Crippen molar-refractivity contribution >= 4 is 17.1 Å². The third-order valence-corrected chi connectivity index (χ3v) is 1.76. The molecule has 1 radical (unpaired) electrons. The van der Waals surface area contributed by atoms with E-state index < -0.39 is 0 Å². The first-order valence-electron chi connectivity index (χ1n) is 3.61. The molecule has 1 aromatic heterocycles. The number of fused-ring (bicyclic) bond motifs is 1. The molecule has 13 heavy (non-hydrogen) atoms. The number of pyridine rings is 1. The average molecular weight is 245 g/mol. The van der Waals surface area contributed by atoms with Crippen LogP contribution < -0.4 is 0 Å². The molecule has 3 heteroatoms. The van der Waals surface area contributed by atoms with Crippen LogP contribution in [0.1, 0.15) is 10.4 Å². The van der Waals surface area contributed by atoms with E-state index in [1.165, 1.54) is 0 Å². The van der Waals surface area contributed by atoms with Gasteiger partial charge in [-0.25, -0.2) is 0 Å². The Kier molecular flexibility index (Phi) is 3.70. The summed E-state index contributed by atoms with van der Waals surface area (Å²) in [6.07, 6.45) is 4.10. The third-order valence-electron chi connectivity index (χ3n) is 1.76. The van der Waals surface area contributed by atoms with Crippen molar-refractivity contribution in [2.75, 3.05) is 0 Å². The van der Waals surface area contributed by atoms with Crippen molar-refractivity contribution in [2.24, 2.45) is 0 Å². The predicted octanol–water partition coefficient (Wildman–Crippen LogP) is 1.84. The van der Waals surface area contributed by atoms with Gasteiger partial charge in [0.05, 0.1) is 0 Å². The Balaban J connectivity index is 0.000000845. The van der Waals surface area contributed by atoms with Gasteiger partial charge in [0, 0.05) is 44.5 Å². The summed E-state index contributed by atoms with van der Waals surface area (Å²) in [4.78, 5) is 14.5. The van der Waals surface area contributed by atoms with Crippen LogP contribution in [-0.2, 0) is 32.7 Å². The van der Waals surface area contributed by atoms with E-state index in [-0.39, 0.29) is 32.7 Å². The standard InChI is InChI=1S/C10H6NO.Y/c12-7-9-6-11-5-8-3-1-2-4-10(8)9;/h2-7H;/q-1;. The average Bonchev–Trinajstić information content (AvgIpc) is 2.17. The van der Waals surface area contributed by atoms with Gasteiger partial charge >= 0.3 is 0 Å². The summed E-state index contributed by atoms with van der Waals surface area (Å²) < 4.78 is 0. The number of aromatic nitrogens is 1. The van der Waals surface area contributed by atoms with Crippen LogP contribution in [0.25, 0.3) is 10.8 Å². The molecule has 2 rings (SSSR count). The molecule has 0 atom stereocenters. The summed E-state index contributed by atoms with van der Waals surface area (Å²) >= 11 is 0. The summed E-state index contributed by atoms with van der Waals surface area (Å²) in [5.41, 5.74) is 0.626. The van der Waals surface area contributed by atoms with Crippen molar-refractivity contribution in [1.82, 2.24) is 4.98 Å². The molecule has 1 heterocycles. The normalized spacial score (nSPS) is 9.23. The number of carbonyl (C=O) groups excluding carboxylic acids is 1. The number of hydrogen-bond acceptors (Lipinski definition) is 2. The first kappa shape index (κ1) is 10.5. The quantitative estimate of drug-likeness (QED) is 0.566. The summed E-state index contributed by atoms with van der Waals surface area (Å²) in [5, 5.41) is 1.88. The van der Waals surface area contributed by atoms with E-state index in [9.17, 15) is 4.79 Å². The second kappa shape index (κ2) is 4.59. The zero-order valence-electron chi connectivity index (χ0n) is 6.90. The fourth-order valence-corrected chi connectivity index (χ4v) is 1.17. The molecule has 0 fully saturated rings. The van der Waals surface area contributed by atoms with Crippen LogP contribution in [-0.4, -0.2) is 11.3 Å². The maximum atomic E-state index is 10.6. The van der Waals surface area contributed by atoms with E-state index in [2.05, 4.69) is 11.1 Å². The summed E-state index contributed by atoms with van der Waals surface area (Å²) in [7, 11) is 0. The molecule has 0 bridgehead atoms. The van der Waals surface area contributed by atoms with E-state index in [4.69, 9.17) is 0 Å². The minimum Gasteiger partial charge on any atom is -0.298 e. The van der Waals surface area contributed by atoms with Crippen molar-refractivity contribution in [3.8, 4) is 0 Å². The van der Waals surface area contributed by atoms with Crippen molar-refractivity contribution in [1.29, 1.82) is 0 Å². The second-order valence-corrected chi connectivity index (χ2v) is 2.49. The van der Waals surface area contributed by atoms with Crippen LogP contribution in [0.15, 0.2) is 30.6 Å². The zero-order valence-corrected chi connectivity index (χ0v) is 9.74. The largest absolute Gasteiger partial charge is 0.298 e. The predicted molar refractivity (Wildman–Crippen MR) is 46.0 cm³/mol. The molecule has 0 aliphatic carbocycles. The van der Waals surface area contributed by atoms with Crippen molar-refractivity contribution in [3.05, 3.63) is 42.2 Å². The second-order valence-electron chi connectivity index (χ2n) is 2.49. The van der Waals surface area contributed by atoms with Gasteiger partial charge in [-0.3, -0.25) is 9.78 Å². The van der Waals surface area contributed by atoms with Crippen LogP contribution in [0.5, 0.6) is 0 Å². The molecule has 0 spiro atoms. The van der Waals surface area contributed by atoms with Crippen LogP contribution in [0.4, 0.5) is 0 Å². The Hall–Kier alpha value is -0.596. The Labute approximate surface area is 101 Å². The van der Waals surface area contributed by atoms with Gasteiger partial charge in [0.15, 0.2) is 0 Å². The molecule has 2 nitrogen and oxygen atoms in total. The van der Waals surface area contributed by atoms with Gasteiger partial charge in [-0.15, -0.1) is 10.8 Å². The monoisotopic (exact) mass is 245 g/mol. The molecule has 0 aliphatic heterocycles. The van der Waals surface area contributed by atoms with E-state index >= 15 is 0 Å². The number of carbonyl (C=O) groups is 1. The maximum Gasteiger partial charge on any atom is 0.150 e. The molecule has 0 saturated heterocycles. The molecular formula is C10H6NOY-. The number of hydrogen-bond donors (Lipinski definition) is 0. The van der Waals surface area contributed by atoms with Gasteiger partial charge in [-0.1, -0.05) is 0 Å². The molecular weight excluding hydrogens is 239 g/mol. The molecule has 0 amide bonds. The molecule has 0 saturated carbocycles. The molecule has 0 N–H and O–H groups in total. The van der Waals surface area contributed by atoms with E-state index in [1.807, 2.05) is 12.1 Å². The van der Waals surface area contributed by atoms with Crippen LogP contribution in [0.2, 0.25) is 0 Å². The fourth-order valence-electron chi connectivity index (χ4n) is 1.17. The van der Waals surface area contributed by atoms with Gasteiger partial charge < -0.3 is 0 Å². The third kappa shape index (κ3) is 2.01. The first-order chi connectivity index (χ1) is 5.92. The smallest absolute Gasteiger partial charge is 0.150 e. The number of nitrogens with zero attached hydrogens (tertiary/aromatic N) is 1. The van der Waals surface area contributed by atoms with Crippen LogP contribution >= 0.6 is 0 Å². The Bertz CT molecular complexity index is 423. The number of aldehydes is 1. The van der Waals surface area contributed by atoms with E-state index in [0.717, 1.165) is 17.1 Å². The van der Waals surface area contributed by atoms with Gasteiger partial charge in [0.25, 0.3) is 0 Å². The van der Waals surface area contributed by atoms with Crippen LogP contribution in [0.3, 0.4) is 0 Å². The molecule has 0 aliphatic rings. The van der Waals surface area contributed by atoms with Crippen molar-refractivity contribution in [2.45, 2.75) is 0 Å². The van der Waals surface area contributed by atoms with Crippen molar-refractivity contribution in [3.63, 3.8) is 0 Å². The summed E-state index contributed by atoms with van der Waals surface area (Å²) in [6, 6.07) is 8.39. The van der Waals surface area contributed by atoms with Gasteiger partial charge in [-0.2, -0.15) is 24.3 Å². The molecule has 0 unspecified atom stereocenters. The molecule has 1 aromatic carbocycles. The molecule has 2 aromatic rings. The van der Waals surface area contributed by atoms with Gasteiger partial charge in [-0.05, 0) is 6.20 Å². The fraction of sp³-hybridized carbons (Fsp3) is 0. The molecule has 61 valence electrons. The van der Waals surface area contributed by atoms with Gasteiger partial charge in [0.2, 0.25) is 0 Å². The van der Waals surface area contributed by atoms with E-state index in [1.54, 1.807) is 18.5 Å². The minimum atomic E-state index is 0. The number of rotatable bonds is 1. The van der Waals surface area contributed by atoms with Crippen LogP contribution in [0, 0.1) is 6.07 Å². The van der Waals surface area contributed by atoms with Crippen molar-refractivity contribution < 1.29 is 37.5 Å². The minimum absolute atomic E-state index is 0. The van der Waals surface area contributed by atoms with Gasteiger partial charge in [0.1, 0.15) is 6.29 Å². The Morgan fingerprint density at radius 1 is 1.38 bits per heavy atom.